The van der Waals surface area contributed by atoms with Gasteiger partial charge in [-0.05, 0) is 18.9 Å². The zero-order valence-corrected chi connectivity index (χ0v) is 11.1. The Labute approximate surface area is 117 Å². The Morgan fingerprint density at radius 2 is 2.10 bits per heavy atom. The van der Waals surface area contributed by atoms with Crippen molar-refractivity contribution in [2.75, 3.05) is 6.54 Å². The molecule has 1 saturated carbocycles. The van der Waals surface area contributed by atoms with Crippen LogP contribution in [0.15, 0.2) is 24.3 Å². The summed E-state index contributed by atoms with van der Waals surface area (Å²) in [6.45, 7) is 0.673. The lowest BCUT2D eigenvalue weighted by Crippen LogP contribution is -2.33. The SMILES string of the molecule is O=C(NCc1ccccc1F)[C@H]1CC(=O)N(C2CC2)C1. The topological polar surface area (TPSA) is 49.4 Å². The Kier molecular flexibility index (Phi) is 3.42. The number of nitrogens with one attached hydrogen (secondary N) is 1. The van der Waals surface area contributed by atoms with Gasteiger partial charge in [0.15, 0.2) is 0 Å². The molecule has 20 heavy (non-hydrogen) atoms. The van der Waals surface area contributed by atoms with E-state index in [1.807, 2.05) is 4.90 Å². The van der Waals surface area contributed by atoms with Crippen LogP contribution in [0.3, 0.4) is 0 Å². The predicted molar refractivity (Wildman–Crippen MR) is 71.1 cm³/mol. The summed E-state index contributed by atoms with van der Waals surface area (Å²) in [6.07, 6.45) is 2.38. The largest absolute Gasteiger partial charge is 0.352 e. The van der Waals surface area contributed by atoms with Gasteiger partial charge in [-0.15, -0.1) is 0 Å². The van der Waals surface area contributed by atoms with Gasteiger partial charge >= 0.3 is 0 Å². The average Bonchev–Trinajstić information content (AvgIpc) is 3.20. The van der Waals surface area contributed by atoms with E-state index in [-0.39, 0.29) is 36.5 Å². The molecule has 3 rings (SSSR count). The van der Waals surface area contributed by atoms with E-state index in [0.29, 0.717) is 18.2 Å². The Hall–Kier alpha value is -1.91. The lowest BCUT2D eigenvalue weighted by Gasteiger charge is -2.15. The molecule has 1 aromatic rings. The number of carbonyl (C=O) groups is 2. The van der Waals surface area contributed by atoms with Crippen molar-refractivity contribution in [1.82, 2.24) is 10.2 Å². The molecule has 0 aromatic heterocycles. The molecule has 106 valence electrons. The fourth-order valence-electron chi connectivity index (χ4n) is 2.61. The van der Waals surface area contributed by atoms with Crippen LogP contribution in [0.1, 0.15) is 24.8 Å². The third kappa shape index (κ3) is 2.66. The molecule has 1 aromatic carbocycles. The molecule has 0 spiro atoms. The maximum atomic E-state index is 13.4. The zero-order valence-electron chi connectivity index (χ0n) is 11.1. The van der Waals surface area contributed by atoms with Gasteiger partial charge in [-0.3, -0.25) is 9.59 Å². The molecule has 2 fully saturated rings. The van der Waals surface area contributed by atoms with Crippen molar-refractivity contribution in [2.24, 2.45) is 5.92 Å². The third-order valence-electron chi connectivity index (χ3n) is 3.93. The minimum absolute atomic E-state index is 0.0681. The summed E-state index contributed by atoms with van der Waals surface area (Å²) in [7, 11) is 0. The first-order valence-corrected chi connectivity index (χ1v) is 6.95. The second kappa shape index (κ2) is 5.23. The molecule has 5 heteroatoms. The van der Waals surface area contributed by atoms with Crippen LogP contribution in [-0.2, 0) is 16.1 Å². The van der Waals surface area contributed by atoms with Crippen LogP contribution >= 0.6 is 0 Å². The van der Waals surface area contributed by atoms with Gasteiger partial charge in [-0.2, -0.15) is 0 Å². The van der Waals surface area contributed by atoms with Crippen LogP contribution in [0.25, 0.3) is 0 Å². The van der Waals surface area contributed by atoms with E-state index in [2.05, 4.69) is 5.32 Å². The number of carbonyl (C=O) groups excluding carboxylic acids is 2. The second-order valence-electron chi connectivity index (χ2n) is 5.49. The summed E-state index contributed by atoms with van der Waals surface area (Å²) in [5, 5.41) is 2.72. The van der Waals surface area contributed by atoms with Crippen molar-refractivity contribution in [3.63, 3.8) is 0 Å². The third-order valence-corrected chi connectivity index (χ3v) is 3.93. The van der Waals surface area contributed by atoms with E-state index < -0.39 is 0 Å². The van der Waals surface area contributed by atoms with Crippen molar-refractivity contribution < 1.29 is 14.0 Å². The van der Waals surface area contributed by atoms with Crippen LogP contribution in [0.2, 0.25) is 0 Å². The maximum Gasteiger partial charge on any atom is 0.225 e. The molecule has 0 unspecified atom stereocenters. The lowest BCUT2D eigenvalue weighted by atomic mass is 10.1. The average molecular weight is 276 g/mol. The minimum Gasteiger partial charge on any atom is -0.352 e. The lowest BCUT2D eigenvalue weighted by molar-refractivity contribution is -0.129. The normalized spacial score (nSPS) is 22.1. The van der Waals surface area contributed by atoms with E-state index in [1.165, 1.54) is 6.07 Å². The molecule has 1 aliphatic heterocycles. The first-order chi connectivity index (χ1) is 9.65. The van der Waals surface area contributed by atoms with Gasteiger partial charge in [-0.25, -0.2) is 4.39 Å². The molecule has 1 heterocycles. The molecule has 4 nitrogen and oxygen atoms in total. The smallest absolute Gasteiger partial charge is 0.225 e. The Morgan fingerprint density at radius 3 is 2.80 bits per heavy atom. The molecule has 1 aliphatic carbocycles. The molecule has 1 N–H and O–H groups in total. The van der Waals surface area contributed by atoms with Crippen molar-refractivity contribution in [3.05, 3.63) is 35.6 Å². The monoisotopic (exact) mass is 276 g/mol. The predicted octanol–water partition coefficient (Wildman–Crippen LogP) is 1.45. The van der Waals surface area contributed by atoms with Gasteiger partial charge in [0.25, 0.3) is 0 Å². The van der Waals surface area contributed by atoms with Gasteiger partial charge in [0.05, 0.1) is 5.92 Å². The molecule has 0 bridgehead atoms. The highest BCUT2D eigenvalue weighted by Crippen LogP contribution is 2.32. The van der Waals surface area contributed by atoms with E-state index >= 15 is 0 Å². The van der Waals surface area contributed by atoms with Gasteiger partial charge in [0.1, 0.15) is 5.82 Å². The van der Waals surface area contributed by atoms with Crippen LogP contribution in [0.4, 0.5) is 4.39 Å². The van der Waals surface area contributed by atoms with E-state index in [1.54, 1.807) is 18.2 Å². The Bertz CT molecular complexity index is 542. The molecule has 0 radical (unpaired) electrons. The zero-order chi connectivity index (χ0) is 14.1. The van der Waals surface area contributed by atoms with E-state index in [4.69, 9.17) is 0 Å². The first-order valence-electron chi connectivity index (χ1n) is 6.95. The molecule has 2 amide bonds. The van der Waals surface area contributed by atoms with E-state index in [0.717, 1.165) is 12.8 Å². The number of hydrogen-bond donors (Lipinski definition) is 1. The van der Waals surface area contributed by atoms with E-state index in [9.17, 15) is 14.0 Å². The summed E-state index contributed by atoms with van der Waals surface area (Å²) in [5.74, 6) is -0.715. The summed E-state index contributed by atoms with van der Waals surface area (Å²) in [4.78, 5) is 25.6. The number of nitrogens with zero attached hydrogens (tertiary/aromatic N) is 1. The summed E-state index contributed by atoms with van der Waals surface area (Å²) in [6, 6.07) is 6.72. The minimum atomic E-state index is -0.324. The molecule has 1 atom stereocenters. The molecular formula is C15H17FN2O2. The van der Waals surface area contributed by atoms with Crippen LogP contribution in [-0.4, -0.2) is 29.3 Å². The Morgan fingerprint density at radius 1 is 1.35 bits per heavy atom. The van der Waals surface area contributed by atoms with Crippen molar-refractivity contribution in [3.8, 4) is 0 Å². The number of benzene rings is 1. The number of amides is 2. The van der Waals surface area contributed by atoms with Gasteiger partial charge in [0.2, 0.25) is 11.8 Å². The molecular weight excluding hydrogens is 259 g/mol. The molecule has 1 saturated heterocycles. The van der Waals surface area contributed by atoms with Crippen LogP contribution in [0, 0.1) is 11.7 Å². The van der Waals surface area contributed by atoms with Gasteiger partial charge < -0.3 is 10.2 Å². The molecule has 2 aliphatic rings. The second-order valence-corrected chi connectivity index (χ2v) is 5.49. The highest BCUT2D eigenvalue weighted by Gasteiger charge is 2.41. The highest BCUT2D eigenvalue weighted by molar-refractivity contribution is 5.89. The fraction of sp³-hybridized carbons (Fsp3) is 0.467. The quantitative estimate of drug-likeness (QED) is 0.905. The maximum absolute atomic E-state index is 13.4. The van der Waals surface area contributed by atoms with Crippen molar-refractivity contribution in [2.45, 2.75) is 31.8 Å². The summed E-state index contributed by atoms with van der Waals surface area (Å²) in [5.41, 5.74) is 0.462. The van der Waals surface area contributed by atoms with Crippen LogP contribution in [0.5, 0.6) is 0 Å². The summed E-state index contributed by atoms with van der Waals surface area (Å²) < 4.78 is 13.4. The number of hydrogen-bond acceptors (Lipinski definition) is 2. The Balaban J connectivity index is 1.55. The number of rotatable bonds is 4. The standard InChI is InChI=1S/C15H17FN2O2/c16-13-4-2-1-3-10(13)8-17-15(20)11-7-14(19)18(9-11)12-5-6-12/h1-4,11-12H,5-9H2,(H,17,20)/t11-/m0/s1. The van der Waals surface area contributed by atoms with Crippen LogP contribution < -0.4 is 5.32 Å². The highest BCUT2D eigenvalue weighted by atomic mass is 19.1. The number of halogens is 1. The summed E-state index contributed by atoms with van der Waals surface area (Å²) >= 11 is 0. The van der Waals surface area contributed by atoms with Gasteiger partial charge in [0, 0.05) is 31.1 Å². The first kappa shape index (κ1) is 13.1. The van der Waals surface area contributed by atoms with Gasteiger partial charge in [-0.1, -0.05) is 18.2 Å². The van der Waals surface area contributed by atoms with Crippen molar-refractivity contribution in [1.29, 1.82) is 0 Å². The number of likely N-dealkylation sites (tertiary alicyclic amines) is 1. The fourth-order valence-corrected chi connectivity index (χ4v) is 2.61. The van der Waals surface area contributed by atoms with Crippen molar-refractivity contribution >= 4 is 11.8 Å².